The van der Waals surface area contributed by atoms with Crippen LogP contribution in [0, 0.1) is 11.3 Å². The average molecular weight is 284 g/mol. The number of aromatic carboxylic acids is 1. The Bertz CT molecular complexity index is 457. The molecule has 0 saturated carbocycles. The number of thiazole rings is 1. The van der Waals surface area contributed by atoms with Crippen molar-refractivity contribution in [2.24, 2.45) is 11.3 Å². The molecule has 0 saturated heterocycles. The lowest BCUT2D eigenvalue weighted by Crippen LogP contribution is -2.24. The van der Waals surface area contributed by atoms with Crippen LogP contribution in [-0.4, -0.2) is 28.4 Å². The fourth-order valence-corrected chi connectivity index (χ4v) is 2.19. The van der Waals surface area contributed by atoms with Crippen LogP contribution >= 0.6 is 11.3 Å². The van der Waals surface area contributed by atoms with Gasteiger partial charge in [0.25, 0.3) is 0 Å². The van der Waals surface area contributed by atoms with E-state index in [-0.39, 0.29) is 21.8 Å². The summed E-state index contributed by atoms with van der Waals surface area (Å²) in [6.07, 6.45) is 0. The quantitative estimate of drug-likeness (QED) is 0.812. The topological polar surface area (TPSA) is 79.3 Å². The van der Waals surface area contributed by atoms with Crippen LogP contribution in [0.25, 0.3) is 0 Å². The Morgan fingerprint density at radius 1 is 1.42 bits per heavy atom. The number of carboxylic acids is 1. The molecule has 0 amide bonds. The van der Waals surface area contributed by atoms with E-state index in [1.54, 1.807) is 0 Å². The zero-order chi connectivity index (χ0) is 14.8. The second kappa shape index (κ2) is 5.69. The highest BCUT2D eigenvalue weighted by Gasteiger charge is 2.23. The maximum absolute atomic E-state index is 11.4. The highest BCUT2D eigenvalue weighted by Crippen LogP contribution is 2.28. The van der Waals surface area contributed by atoms with Crippen LogP contribution in [0.1, 0.15) is 54.8 Å². The highest BCUT2D eigenvalue weighted by molar-refractivity contribution is 7.17. The van der Waals surface area contributed by atoms with E-state index in [1.807, 2.05) is 0 Å². The molecule has 0 aliphatic rings. The van der Waals surface area contributed by atoms with Crippen molar-refractivity contribution in [1.82, 2.24) is 4.98 Å². The van der Waals surface area contributed by atoms with Gasteiger partial charge in [-0.2, -0.15) is 0 Å². The van der Waals surface area contributed by atoms with Gasteiger partial charge in [-0.3, -0.25) is 4.79 Å². The first-order chi connectivity index (χ1) is 8.62. The van der Waals surface area contributed by atoms with Gasteiger partial charge in [0.15, 0.2) is 16.6 Å². The number of anilines is 1. The summed E-state index contributed by atoms with van der Waals surface area (Å²) in [5.41, 5.74) is -0.00746. The van der Waals surface area contributed by atoms with Crippen molar-refractivity contribution >= 4 is 28.2 Å². The van der Waals surface area contributed by atoms with Crippen LogP contribution in [0.15, 0.2) is 0 Å². The van der Waals surface area contributed by atoms with E-state index < -0.39 is 5.97 Å². The number of nitrogens with one attached hydrogen (secondary N) is 1. The van der Waals surface area contributed by atoms with Gasteiger partial charge in [-0.25, -0.2) is 9.78 Å². The average Bonchev–Trinajstić information content (AvgIpc) is 2.68. The van der Waals surface area contributed by atoms with Crippen LogP contribution in [0.2, 0.25) is 0 Å². The molecule has 0 aliphatic heterocycles. The summed E-state index contributed by atoms with van der Waals surface area (Å²) in [5, 5.41) is 12.6. The predicted molar refractivity (Wildman–Crippen MR) is 76.2 cm³/mol. The number of nitrogens with zero attached hydrogens (tertiary/aromatic N) is 1. The summed E-state index contributed by atoms with van der Waals surface area (Å²) in [7, 11) is 0. The normalized spacial score (nSPS) is 13.1. The van der Waals surface area contributed by atoms with E-state index in [0.29, 0.717) is 17.6 Å². The van der Waals surface area contributed by atoms with Crippen LogP contribution in [0.4, 0.5) is 5.13 Å². The summed E-state index contributed by atoms with van der Waals surface area (Å²) < 4.78 is 0. The van der Waals surface area contributed by atoms with Gasteiger partial charge >= 0.3 is 5.97 Å². The van der Waals surface area contributed by atoms with Crippen molar-refractivity contribution in [2.75, 3.05) is 11.9 Å². The zero-order valence-corrected chi connectivity index (χ0v) is 12.7. The van der Waals surface area contributed by atoms with Gasteiger partial charge in [0.2, 0.25) is 0 Å². The van der Waals surface area contributed by atoms with Gasteiger partial charge in [0.05, 0.1) is 0 Å². The van der Waals surface area contributed by atoms with E-state index in [9.17, 15) is 9.59 Å². The summed E-state index contributed by atoms with van der Waals surface area (Å²) in [5.74, 6) is -1.05. The molecule has 1 aromatic rings. The molecule has 1 atom stereocenters. The molecular formula is C13H20N2O3S. The van der Waals surface area contributed by atoms with E-state index >= 15 is 0 Å². The molecule has 6 heteroatoms. The third-order valence-electron chi connectivity index (χ3n) is 3.19. The van der Waals surface area contributed by atoms with Gasteiger partial charge in [-0.15, -0.1) is 0 Å². The van der Waals surface area contributed by atoms with Gasteiger partial charge in [0, 0.05) is 13.5 Å². The Morgan fingerprint density at radius 3 is 2.37 bits per heavy atom. The number of aromatic nitrogens is 1. The smallest absolute Gasteiger partial charge is 0.356 e. The maximum Gasteiger partial charge on any atom is 0.356 e. The number of hydrogen-bond acceptors (Lipinski definition) is 5. The molecule has 2 N–H and O–H groups in total. The minimum Gasteiger partial charge on any atom is -0.476 e. The molecule has 5 nitrogen and oxygen atoms in total. The van der Waals surface area contributed by atoms with Crippen molar-refractivity contribution in [1.29, 1.82) is 0 Å². The fraction of sp³-hybridized carbons (Fsp3) is 0.615. The van der Waals surface area contributed by atoms with Gasteiger partial charge < -0.3 is 10.4 Å². The molecule has 19 heavy (non-hydrogen) atoms. The molecule has 0 spiro atoms. The number of rotatable bonds is 5. The lowest BCUT2D eigenvalue weighted by atomic mass is 9.82. The molecule has 0 fully saturated rings. The third kappa shape index (κ3) is 4.02. The van der Waals surface area contributed by atoms with Gasteiger partial charge in [0.1, 0.15) is 4.88 Å². The summed E-state index contributed by atoms with van der Waals surface area (Å²) in [4.78, 5) is 26.5. The molecular weight excluding hydrogens is 264 g/mol. The SMILES string of the molecule is CC(=O)c1sc(NCC(C)C(C)(C)C)nc1C(=O)O. The molecule has 0 aromatic carbocycles. The summed E-state index contributed by atoms with van der Waals surface area (Å²) in [6, 6.07) is 0. The van der Waals surface area contributed by atoms with E-state index in [1.165, 1.54) is 6.92 Å². The first-order valence-electron chi connectivity index (χ1n) is 6.12. The van der Waals surface area contributed by atoms with Gasteiger partial charge in [-0.1, -0.05) is 39.0 Å². The standard InChI is InChI=1S/C13H20N2O3S/c1-7(13(3,4)5)6-14-12-15-9(11(17)18)10(19-12)8(2)16/h7H,6H2,1-5H3,(H,14,15)(H,17,18). The highest BCUT2D eigenvalue weighted by atomic mass is 32.1. The monoisotopic (exact) mass is 284 g/mol. The number of Topliss-reactive ketones (excluding diaryl/α,β-unsaturated/α-hetero) is 1. The second-order valence-corrected chi connectivity index (χ2v) is 6.71. The van der Waals surface area contributed by atoms with E-state index in [2.05, 4.69) is 38.0 Å². The van der Waals surface area contributed by atoms with Crippen molar-refractivity contribution in [3.63, 3.8) is 0 Å². The fourth-order valence-electron chi connectivity index (χ4n) is 1.33. The molecule has 1 aromatic heterocycles. The number of carbonyl (C=O) groups is 2. The molecule has 1 unspecified atom stereocenters. The van der Waals surface area contributed by atoms with Crippen LogP contribution in [0.3, 0.4) is 0 Å². The lowest BCUT2D eigenvalue weighted by Gasteiger charge is -2.27. The van der Waals surface area contributed by atoms with E-state index in [0.717, 1.165) is 11.3 Å². The van der Waals surface area contributed by atoms with Crippen LogP contribution in [0.5, 0.6) is 0 Å². The molecule has 1 rings (SSSR count). The second-order valence-electron chi connectivity index (χ2n) is 5.71. The Kier molecular flexibility index (Phi) is 4.68. The Labute approximate surface area is 117 Å². The Morgan fingerprint density at radius 2 is 2.00 bits per heavy atom. The lowest BCUT2D eigenvalue weighted by molar-refractivity contribution is 0.0687. The Balaban J connectivity index is 2.84. The molecule has 0 radical (unpaired) electrons. The van der Waals surface area contributed by atoms with Crippen LogP contribution < -0.4 is 5.32 Å². The Hall–Kier alpha value is -1.43. The first-order valence-corrected chi connectivity index (χ1v) is 6.93. The zero-order valence-electron chi connectivity index (χ0n) is 11.9. The molecule has 106 valence electrons. The predicted octanol–water partition coefficient (Wildman–Crippen LogP) is 3.14. The number of carbonyl (C=O) groups excluding carboxylic acids is 1. The minimum atomic E-state index is -1.17. The molecule has 0 aliphatic carbocycles. The summed E-state index contributed by atoms with van der Waals surface area (Å²) >= 11 is 1.10. The van der Waals surface area contributed by atoms with Crippen LogP contribution in [-0.2, 0) is 0 Å². The first kappa shape index (κ1) is 15.6. The third-order valence-corrected chi connectivity index (χ3v) is 4.30. The van der Waals surface area contributed by atoms with Gasteiger partial charge in [-0.05, 0) is 11.3 Å². The number of carboxylic acid groups (broad SMARTS) is 1. The van der Waals surface area contributed by atoms with Crippen molar-refractivity contribution in [2.45, 2.75) is 34.6 Å². The maximum atomic E-state index is 11.4. The number of hydrogen-bond donors (Lipinski definition) is 2. The van der Waals surface area contributed by atoms with Crippen molar-refractivity contribution < 1.29 is 14.7 Å². The van der Waals surface area contributed by atoms with Crippen molar-refractivity contribution in [3.8, 4) is 0 Å². The number of ketones is 1. The molecule has 0 bridgehead atoms. The minimum absolute atomic E-state index is 0.156. The molecule has 1 heterocycles. The summed E-state index contributed by atoms with van der Waals surface area (Å²) in [6.45, 7) is 10.6. The van der Waals surface area contributed by atoms with E-state index in [4.69, 9.17) is 5.11 Å². The largest absolute Gasteiger partial charge is 0.476 e. The van der Waals surface area contributed by atoms with Crippen molar-refractivity contribution in [3.05, 3.63) is 10.6 Å².